The van der Waals surface area contributed by atoms with Gasteiger partial charge in [0, 0.05) is 21.0 Å². The number of aryl methyl sites for hydroxylation is 1. The molecule has 2 aromatic carbocycles. The number of halogens is 1. The van der Waals surface area contributed by atoms with Crippen LogP contribution in [0.15, 0.2) is 59.4 Å². The highest BCUT2D eigenvalue weighted by Gasteiger charge is 2.16. The Bertz CT molecular complexity index is 1080. The van der Waals surface area contributed by atoms with Gasteiger partial charge in [-0.25, -0.2) is 4.98 Å². The summed E-state index contributed by atoms with van der Waals surface area (Å²) in [5.74, 6) is 0.560. The molecule has 2 heterocycles. The highest BCUT2D eigenvalue weighted by molar-refractivity contribution is 7.19. The molecule has 0 unspecified atom stereocenters. The van der Waals surface area contributed by atoms with Gasteiger partial charge in [-0.3, -0.25) is 4.79 Å². The van der Waals surface area contributed by atoms with Crippen molar-refractivity contribution in [2.45, 2.75) is 6.92 Å². The first kappa shape index (κ1) is 15.1. The van der Waals surface area contributed by atoms with Gasteiger partial charge in [0.1, 0.15) is 10.7 Å². The largest absolute Gasteiger partial charge is 0.306 e. The maximum Gasteiger partial charge on any atom is 0.260 e. The molecule has 2 aromatic heterocycles. The minimum atomic E-state index is -0.117. The number of benzene rings is 2. The van der Waals surface area contributed by atoms with Gasteiger partial charge in [0.15, 0.2) is 0 Å². The molecule has 0 saturated carbocycles. The quantitative estimate of drug-likeness (QED) is 0.533. The first-order chi connectivity index (χ1) is 11.6. The highest BCUT2D eigenvalue weighted by Crippen LogP contribution is 2.35. The van der Waals surface area contributed by atoms with Crippen molar-refractivity contribution >= 4 is 33.2 Å². The van der Waals surface area contributed by atoms with Crippen molar-refractivity contribution in [2.75, 3.05) is 0 Å². The summed E-state index contributed by atoms with van der Waals surface area (Å²) in [6.45, 7) is 2.02. The van der Waals surface area contributed by atoms with Crippen LogP contribution in [-0.4, -0.2) is 9.97 Å². The van der Waals surface area contributed by atoms with E-state index in [1.165, 1.54) is 0 Å². The van der Waals surface area contributed by atoms with E-state index in [1.54, 1.807) is 23.5 Å². The predicted octanol–water partition coefficient (Wildman–Crippen LogP) is 5.28. The van der Waals surface area contributed by atoms with Crippen molar-refractivity contribution in [2.24, 2.45) is 0 Å². The summed E-state index contributed by atoms with van der Waals surface area (Å²) in [5, 5.41) is 1.31. The van der Waals surface area contributed by atoms with Crippen molar-refractivity contribution in [3.8, 4) is 22.5 Å². The van der Waals surface area contributed by atoms with Crippen molar-refractivity contribution < 1.29 is 0 Å². The Morgan fingerprint density at radius 3 is 2.42 bits per heavy atom. The minimum Gasteiger partial charge on any atom is -0.306 e. The summed E-state index contributed by atoms with van der Waals surface area (Å²) in [6, 6.07) is 17.2. The Morgan fingerprint density at radius 2 is 1.71 bits per heavy atom. The molecule has 0 saturated heterocycles. The van der Waals surface area contributed by atoms with Crippen molar-refractivity contribution in [1.29, 1.82) is 0 Å². The highest BCUT2D eigenvalue weighted by atomic mass is 35.5. The van der Waals surface area contributed by atoms with Crippen LogP contribution in [0.1, 0.15) is 4.88 Å². The fourth-order valence-corrected chi connectivity index (χ4v) is 3.99. The number of rotatable bonds is 2. The smallest absolute Gasteiger partial charge is 0.260 e. The van der Waals surface area contributed by atoms with Gasteiger partial charge in [-0.15, -0.1) is 11.3 Å². The molecule has 0 bridgehead atoms. The molecular weight excluding hydrogens is 340 g/mol. The monoisotopic (exact) mass is 352 g/mol. The summed E-state index contributed by atoms with van der Waals surface area (Å²) in [6.07, 6.45) is 0. The number of aromatic nitrogens is 2. The Kier molecular flexibility index (Phi) is 3.71. The van der Waals surface area contributed by atoms with Gasteiger partial charge in [0.2, 0.25) is 0 Å². The van der Waals surface area contributed by atoms with Crippen LogP contribution in [0.5, 0.6) is 0 Å². The number of fused-ring (bicyclic) bond motifs is 1. The molecule has 0 aliphatic carbocycles. The van der Waals surface area contributed by atoms with Gasteiger partial charge in [0.05, 0.1) is 5.39 Å². The predicted molar refractivity (Wildman–Crippen MR) is 101 cm³/mol. The van der Waals surface area contributed by atoms with Crippen molar-refractivity contribution in [3.63, 3.8) is 0 Å². The minimum absolute atomic E-state index is 0.117. The van der Waals surface area contributed by atoms with Gasteiger partial charge in [-0.05, 0) is 36.8 Å². The third-order valence-electron chi connectivity index (χ3n) is 3.92. The van der Waals surface area contributed by atoms with Crippen LogP contribution in [0, 0.1) is 6.92 Å². The zero-order valence-electron chi connectivity index (χ0n) is 12.8. The van der Waals surface area contributed by atoms with Crippen LogP contribution in [0.4, 0.5) is 0 Å². The zero-order chi connectivity index (χ0) is 16.7. The van der Waals surface area contributed by atoms with Gasteiger partial charge in [0.25, 0.3) is 5.56 Å². The topological polar surface area (TPSA) is 45.8 Å². The van der Waals surface area contributed by atoms with E-state index < -0.39 is 0 Å². The van der Waals surface area contributed by atoms with Crippen LogP contribution >= 0.6 is 22.9 Å². The van der Waals surface area contributed by atoms with Crippen LogP contribution in [-0.2, 0) is 0 Å². The Labute approximate surface area is 147 Å². The number of nitrogens with zero attached hydrogens (tertiary/aromatic N) is 1. The maximum absolute atomic E-state index is 12.7. The molecule has 0 fully saturated rings. The number of hydrogen-bond donors (Lipinski definition) is 1. The second kappa shape index (κ2) is 5.89. The van der Waals surface area contributed by atoms with Gasteiger partial charge < -0.3 is 4.98 Å². The van der Waals surface area contributed by atoms with E-state index in [2.05, 4.69) is 9.97 Å². The van der Waals surface area contributed by atoms with E-state index in [0.29, 0.717) is 16.2 Å². The lowest BCUT2D eigenvalue weighted by Gasteiger charge is -2.03. The normalized spacial score (nSPS) is 11.1. The maximum atomic E-state index is 12.7. The van der Waals surface area contributed by atoms with Crippen LogP contribution < -0.4 is 5.56 Å². The zero-order valence-corrected chi connectivity index (χ0v) is 14.4. The summed E-state index contributed by atoms with van der Waals surface area (Å²) >= 11 is 7.47. The van der Waals surface area contributed by atoms with E-state index >= 15 is 0 Å². The van der Waals surface area contributed by atoms with Crippen molar-refractivity contribution in [3.05, 3.63) is 74.9 Å². The number of aromatic amines is 1. The standard InChI is InChI=1S/C19H13ClN2OS/c1-11-15(12-5-3-2-4-6-12)16-18(23)21-17(22-19(16)24-11)13-7-9-14(20)10-8-13/h2-10H,1H3,(H,21,22,23). The number of H-pyrrole nitrogens is 1. The molecule has 0 radical (unpaired) electrons. The molecule has 5 heteroatoms. The summed E-state index contributed by atoms with van der Waals surface area (Å²) in [7, 11) is 0. The average molecular weight is 353 g/mol. The molecule has 118 valence electrons. The first-order valence-electron chi connectivity index (χ1n) is 7.48. The molecular formula is C19H13ClN2OS. The van der Waals surface area contributed by atoms with E-state index in [9.17, 15) is 4.79 Å². The number of nitrogens with one attached hydrogen (secondary N) is 1. The van der Waals surface area contributed by atoms with E-state index in [0.717, 1.165) is 26.4 Å². The van der Waals surface area contributed by atoms with E-state index in [4.69, 9.17) is 11.6 Å². The molecule has 0 aliphatic rings. The Balaban J connectivity index is 1.96. The third kappa shape index (κ3) is 2.54. The summed E-state index contributed by atoms with van der Waals surface area (Å²) in [5.41, 5.74) is 2.72. The van der Waals surface area contributed by atoms with Gasteiger partial charge in [-0.1, -0.05) is 41.9 Å². The Hall–Kier alpha value is -2.43. The van der Waals surface area contributed by atoms with Crippen LogP contribution in [0.3, 0.4) is 0 Å². The molecule has 24 heavy (non-hydrogen) atoms. The fourth-order valence-electron chi connectivity index (χ4n) is 2.82. The van der Waals surface area contributed by atoms with E-state index in [-0.39, 0.29) is 5.56 Å². The molecule has 4 aromatic rings. The average Bonchev–Trinajstić information content (AvgIpc) is 2.93. The molecule has 1 N–H and O–H groups in total. The second-order valence-corrected chi connectivity index (χ2v) is 7.14. The van der Waals surface area contributed by atoms with Gasteiger partial charge in [-0.2, -0.15) is 0 Å². The van der Waals surface area contributed by atoms with E-state index in [1.807, 2.05) is 49.4 Å². The lowest BCUT2D eigenvalue weighted by molar-refractivity contribution is 1.19. The number of thiophene rings is 1. The molecule has 0 aliphatic heterocycles. The summed E-state index contributed by atoms with van der Waals surface area (Å²) < 4.78 is 0. The fraction of sp³-hybridized carbons (Fsp3) is 0.0526. The molecule has 0 atom stereocenters. The first-order valence-corrected chi connectivity index (χ1v) is 8.68. The second-order valence-electron chi connectivity index (χ2n) is 5.50. The molecule has 3 nitrogen and oxygen atoms in total. The lowest BCUT2D eigenvalue weighted by atomic mass is 10.0. The number of hydrogen-bond acceptors (Lipinski definition) is 3. The summed E-state index contributed by atoms with van der Waals surface area (Å²) in [4.78, 5) is 22.1. The SMILES string of the molecule is Cc1sc2nc(-c3ccc(Cl)cc3)[nH]c(=O)c2c1-c1ccccc1. The molecule has 0 spiro atoms. The van der Waals surface area contributed by atoms with Crippen LogP contribution in [0.2, 0.25) is 5.02 Å². The third-order valence-corrected chi connectivity index (χ3v) is 5.17. The van der Waals surface area contributed by atoms with Crippen molar-refractivity contribution in [1.82, 2.24) is 9.97 Å². The molecule has 4 rings (SSSR count). The molecule has 0 amide bonds. The van der Waals surface area contributed by atoms with Gasteiger partial charge >= 0.3 is 0 Å². The lowest BCUT2D eigenvalue weighted by Crippen LogP contribution is -2.09. The Morgan fingerprint density at radius 1 is 1.00 bits per heavy atom. The van der Waals surface area contributed by atoms with Crippen LogP contribution in [0.25, 0.3) is 32.7 Å².